The lowest BCUT2D eigenvalue weighted by Crippen LogP contribution is -2.47. The van der Waals surface area contributed by atoms with E-state index in [2.05, 4.69) is 28.4 Å². The molecule has 5 heteroatoms. The van der Waals surface area contributed by atoms with Crippen LogP contribution in [0.1, 0.15) is 20.3 Å². The predicted octanol–water partition coefficient (Wildman–Crippen LogP) is 0.592. The minimum atomic E-state index is -0.122. The van der Waals surface area contributed by atoms with Gasteiger partial charge in [-0.15, -0.1) is 0 Å². The Kier molecular flexibility index (Phi) is 7.23. The van der Waals surface area contributed by atoms with Gasteiger partial charge in [0.2, 0.25) is 0 Å². The molecule has 1 aliphatic heterocycles. The van der Waals surface area contributed by atoms with Crippen molar-refractivity contribution in [3.05, 3.63) is 0 Å². The molecule has 0 N–H and O–H groups in total. The zero-order valence-electron chi connectivity index (χ0n) is 11.9. The van der Waals surface area contributed by atoms with E-state index in [9.17, 15) is 4.79 Å². The average Bonchev–Trinajstić information content (AvgIpc) is 2.37. The summed E-state index contributed by atoms with van der Waals surface area (Å²) < 4.78 is 10.2. The Morgan fingerprint density at radius 1 is 1.11 bits per heavy atom. The van der Waals surface area contributed by atoms with Gasteiger partial charge < -0.3 is 14.4 Å². The van der Waals surface area contributed by atoms with Gasteiger partial charge in [0, 0.05) is 39.3 Å². The van der Waals surface area contributed by atoms with E-state index in [1.165, 1.54) is 7.11 Å². The monoisotopic (exact) mass is 258 g/mol. The molecular weight excluding hydrogens is 232 g/mol. The summed E-state index contributed by atoms with van der Waals surface area (Å²) in [6, 6.07) is 0. The van der Waals surface area contributed by atoms with E-state index in [1.54, 1.807) is 0 Å². The van der Waals surface area contributed by atoms with Gasteiger partial charge in [-0.2, -0.15) is 0 Å². The third-order valence-electron chi connectivity index (χ3n) is 3.18. The van der Waals surface area contributed by atoms with E-state index in [-0.39, 0.29) is 5.97 Å². The van der Waals surface area contributed by atoms with Crippen LogP contribution in [0.4, 0.5) is 0 Å². The fourth-order valence-electron chi connectivity index (χ4n) is 2.01. The van der Waals surface area contributed by atoms with Crippen molar-refractivity contribution in [2.24, 2.45) is 0 Å². The smallest absolute Gasteiger partial charge is 0.306 e. The van der Waals surface area contributed by atoms with Crippen molar-refractivity contribution in [1.82, 2.24) is 9.80 Å². The highest BCUT2D eigenvalue weighted by atomic mass is 16.5. The third-order valence-corrected chi connectivity index (χ3v) is 3.18. The van der Waals surface area contributed by atoms with Crippen molar-refractivity contribution < 1.29 is 14.3 Å². The Bertz CT molecular complexity index is 238. The Labute approximate surface area is 110 Å². The molecule has 0 saturated carbocycles. The Hall–Kier alpha value is -0.650. The molecule has 106 valence electrons. The Morgan fingerprint density at radius 2 is 1.67 bits per heavy atom. The number of carbonyl (C=O) groups excluding carboxylic acids is 1. The van der Waals surface area contributed by atoms with Gasteiger partial charge in [-0.1, -0.05) is 0 Å². The van der Waals surface area contributed by atoms with Crippen molar-refractivity contribution in [3.8, 4) is 0 Å². The number of piperazine rings is 1. The molecule has 1 fully saturated rings. The van der Waals surface area contributed by atoms with Crippen molar-refractivity contribution in [2.45, 2.75) is 26.4 Å². The van der Waals surface area contributed by atoms with Crippen LogP contribution in [0.15, 0.2) is 0 Å². The fourth-order valence-corrected chi connectivity index (χ4v) is 2.01. The van der Waals surface area contributed by atoms with Crippen LogP contribution in [0.3, 0.4) is 0 Å². The van der Waals surface area contributed by atoms with E-state index in [0.717, 1.165) is 45.9 Å². The highest BCUT2D eigenvalue weighted by Crippen LogP contribution is 2.03. The highest BCUT2D eigenvalue weighted by Gasteiger charge is 2.17. The molecule has 0 aromatic heterocycles. The van der Waals surface area contributed by atoms with Crippen molar-refractivity contribution in [3.63, 3.8) is 0 Å². The van der Waals surface area contributed by atoms with Gasteiger partial charge in [-0.3, -0.25) is 9.69 Å². The van der Waals surface area contributed by atoms with Crippen LogP contribution < -0.4 is 0 Å². The SMILES string of the molecule is COC(=O)CCN1CCN(CCOC(C)C)CC1. The van der Waals surface area contributed by atoms with Gasteiger partial charge in [0.1, 0.15) is 0 Å². The first-order valence-electron chi connectivity index (χ1n) is 6.75. The van der Waals surface area contributed by atoms with Crippen LogP contribution in [-0.4, -0.2) is 74.9 Å². The number of esters is 1. The maximum Gasteiger partial charge on any atom is 0.306 e. The molecule has 1 aliphatic rings. The van der Waals surface area contributed by atoms with Crippen LogP contribution >= 0.6 is 0 Å². The summed E-state index contributed by atoms with van der Waals surface area (Å²) in [5.41, 5.74) is 0. The highest BCUT2D eigenvalue weighted by molar-refractivity contribution is 5.69. The van der Waals surface area contributed by atoms with Crippen molar-refractivity contribution >= 4 is 5.97 Å². The second-order valence-corrected chi connectivity index (χ2v) is 4.93. The van der Waals surface area contributed by atoms with Gasteiger partial charge in [0.15, 0.2) is 0 Å². The summed E-state index contributed by atoms with van der Waals surface area (Å²) in [7, 11) is 1.44. The van der Waals surface area contributed by atoms with Gasteiger partial charge >= 0.3 is 5.97 Å². The molecule has 1 saturated heterocycles. The number of hydrogen-bond acceptors (Lipinski definition) is 5. The molecule has 0 bridgehead atoms. The van der Waals surface area contributed by atoms with Crippen LogP contribution in [0.5, 0.6) is 0 Å². The maximum atomic E-state index is 11.0. The van der Waals surface area contributed by atoms with E-state index >= 15 is 0 Å². The standard InChI is InChI=1S/C13H26N2O3/c1-12(2)18-11-10-15-8-6-14(7-9-15)5-4-13(16)17-3/h12H,4-11H2,1-3H3. The summed E-state index contributed by atoms with van der Waals surface area (Å²) in [4.78, 5) is 15.8. The van der Waals surface area contributed by atoms with Crippen molar-refractivity contribution in [2.75, 3.05) is 53.0 Å². The summed E-state index contributed by atoms with van der Waals surface area (Å²) >= 11 is 0. The molecule has 0 aromatic rings. The summed E-state index contributed by atoms with van der Waals surface area (Å²) in [5.74, 6) is -0.122. The molecule has 0 spiro atoms. The first kappa shape index (κ1) is 15.4. The Balaban J connectivity index is 2.07. The molecule has 1 heterocycles. The third kappa shape index (κ3) is 6.33. The summed E-state index contributed by atoms with van der Waals surface area (Å²) in [6.45, 7) is 10.9. The minimum Gasteiger partial charge on any atom is -0.469 e. The summed E-state index contributed by atoms with van der Waals surface area (Å²) in [5, 5.41) is 0. The van der Waals surface area contributed by atoms with E-state index in [1.807, 2.05) is 0 Å². The molecule has 0 aromatic carbocycles. The maximum absolute atomic E-state index is 11.0. The van der Waals surface area contributed by atoms with Crippen LogP contribution in [0.25, 0.3) is 0 Å². The van der Waals surface area contributed by atoms with E-state index in [0.29, 0.717) is 12.5 Å². The van der Waals surface area contributed by atoms with Gasteiger partial charge in [0.25, 0.3) is 0 Å². The molecule has 1 rings (SSSR count). The minimum absolute atomic E-state index is 0.122. The first-order valence-corrected chi connectivity index (χ1v) is 6.75. The molecule has 5 nitrogen and oxygen atoms in total. The van der Waals surface area contributed by atoms with E-state index < -0.39 is 0 Å². The van der Waals surface area contributed by atoms with Crippen molar-refractivity contribution in [1.29, 1.82) is 0 Å². The number of hydrogen-bond donors (Lipinski definition) is 0. The quantitative estimate of drug-likeness (QED) is 0.625. The topological polar surface area (TPSA) is 42.0 Å². The second kappa shape index (κ2) is 8.45. The molecule has 0 aliphatic carbocycles. The second-order valence-electron chi connectivity index (χ2n) is 4.93. The summed E-state index contributed by atoms with van der Waals surface area (Å²) in [6.07, 6.45) is 0.804. The van der Waals surface area contributed by atoms with E-state index in [4.69, 9.17) is 4.74 Å². The van der Waals surface area contributed by atoms with Gasteiger partial charge in [0.05, 0.1) is 26.2 Å². The fraction of sp³-hybridized carbons (Fsp3) is 0.923. The number of nitrogens with zero attached hydrogens (tertiary/aromatic N) is 2. The molecular formula is C13H26N2O3. The lowest BCUT2D eigenvalue weighted by atomic mass is 10.3. The number of methoxy groups -OCH3 is 1. The predicted molar refractivity (Wildman–Crippen MR) is 70.6 cm³/mol. The first-order chi connectivity index (χ1) is 8.61. The number of ether oxygens (including phenoxy) is 2. The molecule has 0 amide bonds. The molecule has 18 heavy (non-hydrogen) atoms. The van der Waals surface area contributed by atoms with Crippen LogP contribution in [-0.2, 0) is 14.3 Å². The normalized spacial score (nSPS) is 18.2. The molecule has 0 unspecified atom stereocenters. The van der Waals surface area contributed by atoms with Gasteiger partial charge in [-0.25, -0.2) is 0 Å². The van der Waals surface area contributed by atoms with Crippen LogP contribution in [0, 0.1) is 0 Å². The van der Waals surface area contributed by atoms with Crippen LogP contribution in [0.2, 0.25) is 0 Å². The zero-order chi connectivity index (χ0) is 13.4. The lowest BCUT2D eigenvalue weighted by Gasteiger charge is -2.34. The molecule has 0 radical (unpaired) electrons. The zero-order valence-corrected chi connectivity index (χ0v) is 11.9. The molecule has 0 atom stereocenters. The number of carbonyl (C=O) groups is 1. The largest absolute Gasteiger partial charge is 0.469 e. The lowest BCUT2D eigenvalue weighted by molar-refractivity contribution is -0.141. The number of rotatable bonds is 7. The van der Waals surface area contributed by atoms with Gasteiger partial charge in [-0.05, 0) is 13.8 Å². The Morgan fingerprint density at radius 3 is 2.17 bits per heavy atom. The average molecular weight is 258 g/mol.